The molecule has 0 amide bonds. The number of fused-ring (bicyclic) bond motifs is 1. The molecule has 5 nitrogen and oxygen atoms in total. The van der Waals surface area contributed by atoms with Crippen molar-refractivity contribution >= 4 is 27.1 Å². The second-order valence-corrected chi connectivity index (χ2v) is 6.44. The van der Waals surface area contributed by atoms with Crippen LogP contribution in [0, 0.1) is 6.92 Å². The number of hydrogen-bond donors (Lipinski definition) is 0. The van der Waals surface area contributed by atoms with Crippen LogP contribution in [0.25, 0.3) is 17.1 Å². The van der Waals surface area contributed by atoms with Crippen molar-refractivity contribution in [2.45, 2.75) is 11.8 Å². The van der Waals surface area contributed by atoms with Gasteiger partial charge in [0, 0.05) is 11.6 Å². The monoisotopic (exact) mass is 299 g/mol. The number of nitrogens with zero attached hydrogens (tertiary/aromatic N) is 3. The molecular formula is C15H13N3O2S. The molecule has 3 rings (SSSR count). The maximum Gasteiger partial charge on any atom is 0.269 e. The molecule has 0 aliphatic carbocycles. The van der Waals surface area contributed by atoms with Crippen molar-refractivity contribution in [1.82, 2.24) is 13.9 Å². The van der Waals surface area contributed by atoms with Gasteiger partial charge < -0.3 is 0 Å². The Balaban J connectivity index is 2.24. The molecule has 0 bridgehead atoms. The Hall–Kier alpha value is -2.47. The fourth-order valence-electron chi connectivity index (χ4n) is 2.13. The van der Waals surface area contributed by atoms with E-state index in [4.69, 9.17) is 0 Å². The maximum atomic E-state index is 12.7. The number of aromatic nitrogens is 3. The molecule has 21 heavy (non-hydrogen) atoms. The first kappa shape index (κ1) is 13.5. The van der Waals surface area contributed by atoms with Gasteiger partial charge in [0.25, 0.3) is 10.0 Å². The van der Waals surface area contributed by atoms with Crippen LogP contribution in [0.1, 0.15) is 11.3 Å². The highest BCUT2D eigenvalue weighted by atomic mass is 32.2. The molecule has 0 radical (unpaired) electrons. The highest BCUT2D eigenvalue weighted by molar-refractivity contribution is 7.90. The van der Waals surface area contributed by atoms with Crippen molar-refractivity contribution in [2.24, 2.45) is 0 Å². The second kappa shape index (κ2) is 4.82. The van der Waals surface area contributed by atoms with Crippen LogP contribution in [0.4, 0.5) is 0 Å². The molecule has 0 saturated heterocycles. The first-order valence-electron chi connectivity index (χ1n) is 6.31. The molecule has 0 saturated carbocycles. The van der Waals surface area contributed by atoms with Gasteiger partial charge in [0.05, 0.1) is 10.6 Å². The Labute approximate surface area is 122 Å². The van der Waals surface area contributed by atoms with E-state index in [2.05, 4.69) is 16.5 Å². The summed E-state index contributed by atoms with van der Waals surface area (Å²) in [6, 6.07) is 8.39. The van der Waals surface area contributed by atoms with E-state index in [-0.39, 0.29) is 4.90 Å². The third kappa shape index (κ3) is 2.13. The van der Waals surface area contributed by atoms with Gasteiger partial charge in [0.15, 0.2) is 5.65 Å². The molecule has 2 heterocycles. The Kier molecular flexibility index (Phi) is 3.10. The molecule has 1 aromatic carbocycles. The van der Waals surface area contributed by atoms with Crippen LogP contribution in [-0.4, -0.2) is 22.4 Å². The smallest absolute Gasteiger partial charge is 0.236 e. The van der Waals surface area contributed by atoms with Crippen molar-refractivity contribution in [3.8, 4) is 0 Å². The highest BCUT2D eigenvalue weighted by Crippen LogP contribution is 2.22. The molecule has 3 aromatic rings. The summed E-state index contributed by atoms with van der Waals surface area (Å²) in [5, 5.41) is 0.656. The topological polar surface area (TPSA) is 64.8 Å². The molecule has 6 heteroatoms. The Morgan fingerprint density at radius 1 is 1.14 bits per heavy atom. The summed E-state index contributed by atoms with van der Waals surface area (Å²) in [5.74, 6) is 0. The third-order valence-corrected chi connectivity index (χ3v) is 4.93. The molecule has 0 atom stereocenters. The lowest BCUT2D eigenvalue weighted by atomic mass is 10.2. The van der Waals surface area contributed by atoms with Crippen LogP contribution in [-0.2, 0) is 10.0 Å². The van der Waals surface area contributed by atoms with Gasteiger partial charge in [-0.1, -0.05) is 24.3 Å². The normalized spacial score (nSPS) is 11.7. The van der Waals surface area contributed by atoms with Crippen LogP contribution in [0.5, 0.6) is 0 Å². The van der Waals surface area contributed by atoms with Gasteiger partial charge in [0.1, 0.15) is 6.33 Å². The summed E-state index contributed by atoms with van der Waals surface area (Å²) in [6.07, 6.45) is 4.40. The molecule has 0 aliphatic rings. The van der Waals surface area contributed by atoms with E-state index in [0.29, 0.717) is 16.7 Å². The lowest BCUT2D eigenvalue weighted by Crippen LogP contribution is -2.12. The van der Waals surface area contributed by atoms with Crippen molar-refractivity contribution in [2.75, 3.05) is 0 Å². The Morgan fingerprint density at radius 3 is 2.52 bits per heavy atom. The summed E-state index contributed by atoms with van der Waals surface area (Å²) in [5.41, 5.74) is 1.96. The largest absolute Gasteiger partial charge is 0.269 e. The minimum Gasteiger partial charge on any atom is -0.236 e. The summed E-state index contributed by atoms with van der Waals surface area (Å²) >= 11 is 0. The van der Waals surface area contributed by atoms with Gasteiger partial charge in [-0.25, -0.2) is 22.4 Å². The zero-order chi connectivity index (χ0) is 15.0. The summed E-state index contributed by atoms with van der Waals surface area (Å²) in [4.78, 5) is 8.38. The van der Waals surface area contributed by atoms with Gasteiger partial charge in [-0.2, -0.15) is 0 Å². The fraction of sp³-hybridized carbons (Fsp3) is 0.0667. The van der Waals surface area contributed by atoms with Gasteiger partial charge in [-0.05, 0) is 31.2 Å². The standard InChI is InChI=1S/C15H13N3O2S/c1-3-14-13-8-9-18(15(13)17-10-16-14)21(19,20)12-6-4-11(2)5-7-12/h3-10H,1H2,2H3. The third-order valence-electron chi connectivity index (χ3n) is 3.25. The van der Waals surface area contributed by atoms with E-state index in [1.54, 1.807) is 36.4 Å². The number of hydrogen-bond acceptors (Lipinski definition) is 4. The zero-order valence-corrected chi connectivity index (χ0v) is 12.2. The van der Waals surface area contributed by atoms with Crippen molar-refractivity contribution in [1.29, 1.82) is 0 Å². The van der Waals surface area contributed by atoms with E-state index in [1.165, 1.54) is 16.5 Å². The van der Waals surface area contributed by atoms with Crippen LogP contribution >= 0.6 is 0 Å². The van der Waals surface area contributed by atoms with Gasteiger partial charge >= 0.3 is 0 Å². The van der Waals surface area contributed by atoms with Gasteiger partial charge in [0.2, 0.25) is 0 Å². The zero-order valence-electron chi connectivity index (χ0n) is 11.4. The van der Waals surface area contributed by atoms with E-state index in [1.807, 2.05) is 6.92 Å². The molecule has 0 aliphatic heterocycles. The Morgan fingerprint density at radius 2 is 1.86 bits per heavy atom. The average molecular weight is 299 g/mol. The first-order valence-corrected chi connectivity index (χ1v) is 7.75. The fourth-order valence-corrected chi connectivity index (χ4v) is 3.43. The molecule has 0 spiro atoms. The maximum absolute atomic E-state index is 12.7. The minimum absolute atomic E-state index is 0.226. The molecule has 0 unspecified atom stereocenters. The minimum atomic E-state index is -3.67. The molecule has 0 fully saturated rings. The van der Waals surface area contributed by atoms with E-state index < -0.39 is 10.0 Å². The Bertz CT molecular complexity index is 925. The van der Waals surface area contributed by atoms with Crippen molar-refractivity contribution in [3.63, 3.8) is 0 Å². The van der Waals surface area contributed by atoms with Crippen molar-refractivity contribution < 1.29 is 8.42 Å². The highest BCUT2D eigenvalue weighted by Gasteiger charge is 2.20. The molecular weight excluding hydrogens is 286 g/mol. The molecule has 0 N–H and O–H groups in total. The van der Waals surface area contributed by atoms with E-state index in [9.17, 15) is 8.42 Å². The van der Waals surface area contributed by atoms with Crippen LogP contribution in [0.3, 0.4) is 0 Å². The lowest BCUT2D eigenvalue weighted by molar-refractivity contribution is 0.588. The SMILES string of the molecule is C=Cc1ncnc2c1ccn2S(=O)(=O)c1ccc(C)cc1. The quantitative estimate of drug-likeness (QED) is 0.745. The van der Waals surface area contributed by atoms with Crippen LogP contribution in [0.15, 0.2) is 54.3 Å². The van der Waals surface area contributed by atoms with E-state index >= 15 is 0 Å². The summed E-state index contributed by atoms with van der Waals surface area (Å²) in [7, 11) is -3.67. The van der Waals surface area contributed by atoms with Gasteiger partial charge in [-0.3, -0.25) is 0 Å². The summed E-state index contributed by atoms with van der Waals surface area (Å²) < 4.78 is 26.6. The van der Waals surface area contributed by atoms with E-state index in [0.717, 1.165) is 5.56 Å². The lowest BCUT2D eigenvalue weighted by Gasteiger charge is -2.07. The van der Waals surface area contributed by atoms with Crippen LogP contribution < -0.4 is 0 Å². The first-order chi connectivity index (χ1) is 10.0. The predicted octanol–water partition coefficient (Wildman–Crippen LogP) is 2.62. The number of aryl methyl sites for hydroxylation is 1. The predicted molar refractivity (Wildman–Crippen MR) is 81.4 cm³/mol. The average Bonchev–Trinajstić information content (AvgIpc) is 2.92. The second-order valence-electron chi connectivity index (χ2n) is 4.63. The van der Waals surface area contributed by atoms with Gasteiger partial charge in [-0.15, -0.1) is 0 Å². The van der Waals surface area contributed by atoms with Crippen molar-refractivity contribution in [3.05, 3.63) is 60.7 Å². The summed E-state index contributed by atoms with van der Waals surface area (Å²) in [6.45, 7) is 5.58. The molecule has 2 aromatic heterocycles. The number of rotatable bonds is 3. The number of benzene rings is 1. The van der Waals surface area contributed by atoms with Crippen LogP contribution in [0.2, 0.25) is 0 Å². The molecule has 106 valence electrons.